The van der Waals surface area contributed by atoms with Gasteiger partial charge in [-0.15, -0.1) is 0 Å². The van der Waals surface area contributed by atoms with Gasteiger partial charge in [-0.2, -0.15) is 0 Å². The van der Waals surface area contributed by atoms with Crippen molar-refractivity contribution in [2.75, 3.05) is 0 Å². The molecule has 1 radical (unpaired) electrons. The molecule has 0 atom stereocenters. The lowest BCUT2D eigenvalue weighted by Gasteiger charge is -1.94. The van der Waals surface area contributed by atoms with E-state index in [1.165, 1.54) is 44.9 Å². The predicted molar refractivity (Wildman–Crippen MR) is 57.1 cm³/mol. The van der Waals surface area contributed by atoms with Crippen LogP contribution in [0.3, 0.4) is 0 Å². The molecule has 0 aromatic heterocycles. The fraction of sp³-hybridized carbons (Fsp3) is 0.750. The molecule has 0 aliphatic rings. The van der Waals surface area contributed by atoms with Crippen LogP contribution in [0.25, 0.3) is 0 Å². The van der Waals surface area contributed by atoms with Gasteiger partial charge in [-0.05, 0) is 25.7 Å². The maximum atomic E-state index is 3.81. The molecule has 0 rings (SSSR count). The molecule has 0 fully saturated rings. The predicted octanol–water partition coefficient (Wildman–Crippen LogP) is 4.52. The average Bonchev–Trinajstić information content (AvgIpc) is 2.10. The molecule has 0 saturated heterocycles. The van der Waals surface area contributed by atoms with Crippen LogP contribution in [0.4, 0.5) is 0 Å². The zero-order valence-electron chi connectivity index (χ0n) is 8.52. The second kappa shape index (κ2) is 10.7. The second-order valence-corrected chi connectivity index (χ2v) is 3.32. The van der Waals surface area contributed by atoms with Gasteiger partial charge in [0, 0.05) is 0 Å². The highest BCUT2D eigenvalue weighted by atomic mass is 13.9. The number of unbranched alkanes of at least 4 members (excludes halogenated alkanes) is 6. The summed E-state index contributed by atoms with van der Waals surface area (Å²) in [7, 11) is 0. The average molecular weight is 167 g/mol. The van der Waals surface area contributed by atoms with E-state index in [-0.39, 0.29) is 0 Å². The highest BCUT2D eigenvalue weighted by Crippen LogP contribution is 2.03. The van der Waals surface area contributed by atoms with E-state index < -0.39 is 0 Å². The monoisotopic (exact) mass is 167 g/mol. The van der Waals surface area contributed by atoms with Gasteiger partial charge in [0.1, 0.15) is 0 Å². The Morgan fingerprint density at radius 1 is 0.917 bits per heavy atom. The zero-order chi connectivity index (χ0) is 9.07. The molecular weight excluding hydrogens is 144 g/mol. The summed E-state index contributed by atoms with van der Waals surface area (Å²) in [6, 6.07) is 0. The van der Waals surface area contributed by atoms with E-state index in [4.69, 9.17) is 0 Å². The quantitative estimate of drug-likeness (QED) is 0.368. The van der Waals surface area contributed by atoms with Crippen molar-refractivity contribution in [3.63, 3.8) is 0 Å². The first-order chi connectivity index (χ1) is 5.91. The molecule has 0 bridgehead atoms. The Kier molecular flexibility index (Phi) is 10.5. The van der Waals surface area contributed by atoms with Gasteiger partial charge in [-0.3, -0.25) is 0 Å². The van der Waals surface area contributed by atoms with Crippen molar-refractivity contribution in [3.05, 3.63) is 19.1 Å². The minimum absolute atomic E-state index is 1.07. The molecule has 0 nitrogen and oxygen atoms in total. The van der Waals surface area contributed by atoms with Crippen molar-refractivity contribution < 1.29 is 0 Å². The minimum atomic E-state index is 1.07. The van der Waals surface area contributed by atoms with Gasteiger partial charge in [0.2, 0.25) is 0 Å². The summed E-state index contributed by atoms with van der Waals surface area (Å²) in [5.41, 5.74) is 0. The summed E-state index contributed by atoms with van der Waals surface area (Å²) in [6.45, 7) is 6.06. The van der Waals surface area contributed by atoms with Crippen molar-refractivity contribution in [1.29, 1.82) is 0 Å². The van der Waals surface area contributed by atoms with Gasteiger partial charge in [0.15, 0.2) is 0 Å². The highest BCUT2D eigenvalue weighted by Gasteiger charge is 1.84. The molecule has 0 aromatic carbocycles. The molecule has 71 valence electrons. The van der Waals surface area contributed by atoms with Gasteiger partial charge in [0.25, 0.3) is 0 Å². The van der Waals surface area contributed by atoms with E-state index >= 15 is 0 Å². The highest BCUT2D eigenvalue weighted by molar-refractivity contribution is 4.81. The normalized spacial score (nSPS) is 11.2. The lowest BCUT2D eigenvalue weighted by atomic mass is 10.1. The SMILES string of the molecule is [CH2]CCCC=CCCCCCC. The molecule has 0 N–H and O–H groups in total. The smallest absolute Gasteiger partial charge is 0.0351 e. The van der Waals surface area contributed by atoms with Gasteiger partial charge < -0.3 is 0 Å². The van der Waals surface area contributed by atoms with E-state index in [0.717, 1.165) is 6.42 Å². The Morgan fingerprint density at radius 2 is 1.58 bits per heavy atom. The van der Waals surface area contributed by atoms with E-state index in [1.54, 1.807) is 0 Å². The number of hydrogen-bond acceptors (Lipinski definition) is 0. The van der Waals surface area contributed by atoms with Crippen LogP contribution in [0, 0.1) is 6.92 Å². The van der Waals surface area contributed by atoms with E-state index in [0.29, 0.717) is 0 Å². The third kappa shape index (κ3) is 9.74. The van der Waals surface area contributed by atoms with Crippen molar-refractivity contribution in [2.24, 2.45) is 0 Å². The molecule has 0 unspecified atom stereocenters. The van der Waals surface area contributed by atoms with Crippen LogP contribution in [0.1, 0.15) is 58.3 Å². The summed E-state index contributed by atoms with van der Waals surface area (Å²) < 4.78 is 0. The molecule has 0 amide bonds. The van der Waals surface area contributed by atoms with E-state index in [2.05, 4.69) is 26.0 Å². The first kappa shape index (κ1) is 11.7. The molecular formula is C12H23. The zero-order valence-corrected chi connectivity index (χ0v) is 8.52. The molecule has 0 aromatic rings. The lowest BCUT2D eigenvalue weighted by molar-refractivity contribution is 0.673. The van der Waals surface area contributed by atoms with Crippen molar-refractivity contribution in [2.45, 2.75) is 58.3 Å². The minimum Gasteiger partial charge on any atom is -0.0885 e. The van der Waals surface area contributed by atoms with Gasteiger partial charge >= 0.3 is 0 Å². The van der Waals surface area contributed by atoms with Crippen molar-refractivity contribution in [3.8, 4) is 0 Å². The number of hydrogen-bond donors (Lipinski definition) is 0. The Hall–Kier alpha value is -0.260. The van der Waals surface area contributed by atoms with Crippen LogP contribution in [0.2, 0.25) is 0 Å². The Balaban J connectivity index is 2.92. The maximum absolute atomic E-state index is 3.81. The molecule has 0 aliphatic carbocycles. The molecule has 0 saturated carbocycles. The van der Waals surface area contributed by atoms with Gasteiger partial charge in [0.05, 0.1) is 0 Å². The van der Waals surface area contributed by atoms with Crippen LogP contribution >= 0.6 is 0 Å². The van der Waals surface area contributed by atoms with Crippen molar-refractivity contribution >= 4 is 0 Å². The van der Waals surface area contributed by atoms with Crippen LogP contribution in [-0.4, -0.2) is 0 Å². The number of rotatable bonds is 8. The number of allylic oxidation sites excluding steroid dienone is 2. The topological polar surface area (TPSA) is 0 Å². The summed E-state index contributed by atoms with van der Waals surface area (Å²) >= 11 is 0. The van der Waals surface area contributed by atoms with Crippen LogP contribution in [-0.2, 0) is 0 Å². The van der Waals surface area contributed by atoms with Crippen LogP contribution < -0.4 is 0 Å². The second-order valence-electron chi connectivity index (χ2n) is 3.32. The maximum Gasteiger partial charge on any atom is -0.0351 e. The fourth-order valence-electron chi connectivity index (χ4n) is 1.19. The molecule has 12 heavy (non-hydrogen) atoms. The van der Waals surface area contributed by atoms with Crippen molar-refractivity contribution in [1.82, 2.24) is 0 Å². The Bertz CT molecular complexity index is 92.2. The van der Waals surface area contributed by atoms with Gasteiger partial charge in [-0.1, -0.05) is 51.7 Å². The molecule has 0 heteroatoms. The molecule has 0 aliphatic heterocycles. The Morgan fingerprint density at radius 3 is 2.17 bits per heavy atom. The lowest BCUT2D eigenvalue weighted by Crippen LogP contribution is -1.74. The van der Waals surface area contributed by atoms with Crippen LogP contribution in [0.15, 0.2) is 12.2 Å². The van der Waals surface area contributed by atoms with E-state index in [9.17, 15) is 0 Å². The molecule has 0 heterocycles. The van der Waals surface area contributed by atoms with Crippen LogP contribution in [0.5, 0.6) is 0 Å². The summed E-state index contributed by atoms with van der Waals surface area (Å²) in [5, 5.41) is 0. The summed E-state index contributed by atoms with van der Waals surface area (Å²) in [6.07, 6.45) is 14.9. The summed E-state index contributed by atoms with van der Waals surface area (Å²) in [4.78, 5) is 0. The van der Waals surface area contributed by atoms with E-state index in [1.807, 2.05) is 0 Å². The third-order valence-electron chi connectivity index (χ3n) is 2.01. The first-order valence-corrected chi connectivity index (χ1v) is 5.36. The first-order valence-electron chi connectivity index (χ1n) is 5.36. The largest absolute Gasteiger partial charge is 0.0885 e. The molecule has 0 spiro atoms. The van der Waals surface area contributed by atoms with Gasteiger partial charge in [-0.25, -0.2) is 0 Å². The fourth-order valence-corrected chi connectivity index (χ4v) is 1.19. The third-order valence-corrected chi connectivity index (χ3v) is 2.01. The summed E-state index contributed by atoms with van der Waals surface area (Å²) in [5.74, 6) is 0. The standard InChI is InChI=1S/C12H23/c1-3-5-7-9-11-12-10-8-6-4-2/h9,11H,1,3-8,10,12H2,2H3. The Labute approximate surface area is 78.1 Å².